The lowest BCUT2D eigenvalue weighted by Gasteiger charge is -2.59. The standard InChI is InChI=1S/C16H17Cl2N5/c17-10-3-1-2-9(13(10)18)14-15(20)22-12(6-21-14)23-7-16(8-23)5-4-11(16)19/h1-3,6,11H,4-5,7-8,19H2,(H2,20,22)/t11-/m1/s1. The zero-order valence-corrected chi connectivity index (χ0v) is 14.0. The summed E-state index contributed by atoms with van der Waals surface area (Å²) in [5, 5.41) is 0.907. The minimum atomic E-state index is 0.283. The molecule has 1 spiro atoms. The van der Waals surface area contributed by atoms with Crippen molar-refractivity contribution in [2.45, 2.75) is 18.9 Å². The number of rotatable bonds is 2. The fourth-order valence-corrected chi connectivity index (χ4v) is 3.82. The van der Waals surface area contributed by atoms with Crippen LogP contribution in [0, 0.1) is 5.41 Å². The van der Waals surface area contributed by atoms with Crippen molar-refractivity contribution in [1.29, 1.82) is 0 Å². The van der Waals surface area contributed by atoms with Crippen LogP contribution < -0.4 is 16.4 Å². The SMILES string of the molecule is Nc1nc(N2CC3(CC[C@H]3N)C2)cnc1-c1cccc(Cl)c1Cl. The van der Waals surface area contributed by atoms with Crippen LogP contribution in [0.1, 0.15) is 12.8 Å². The maximum atomic E-state index is 6.24. The number of anilines is 2. The molecule has 7 heteroatoms. The van der Waals surface area contributed by atoms with E-state index in [-0.39, 0.29) is 5.41 Å². The van der Waals surface area contributed by atoms with E-state index in [1.807, 2.05) is 12.1 Å². The zero-order valence-electron chi connectivity index (χ0n) is 12.5. The van der Waals surface area contributed by atoms with E-state index >= 15 is 0 Å². The lowest BCUT2D eigenvalue weighted by Crippen LogP contribution is -2.69. The molecule has 2 heterocycles. The number of nitrogens with two attached hydrogens (primary N) is 2. The smallest absolute Gasteiger partial charge is 0.152 e. The van der Waals surface area contributed by atoms with Gasteiger partial charge in [-0.15, -0.1) is 0 Å². The van der Waals surface area contributed by atoms with Gasteiger partial charge in [0.1, 0.15) is 11.5 Å². The van der Waals surface area contributed by atoms with Crippen LogP contribution in [0.3, 0.4) is 0 Å². The average Bonchev–Trinajstić information content (AvgIpc) is 2.48. The lowest BCUT2D eigenvalue weighted by molar-refractivity contribution is 0.0557. The topological polar surface area (TPSA) is 81.1 Å². The van der Waals surface area contributed by atoms with Gasteiger partial charge in [-0.2, -0.15) is 0 Å². The second-order valence-electron chi connectivity index (χ2n) is 6.43. The Kier molecular flexibility index (Phi) is 3.41. The Bertz CT molecular complexity index is 773. The van der Waals surface area contributed by atoms with E-state index in [4.69, 9.17) is 34.7 Å². The molecular weight excluding hydrogens is 333 g/mol. The molecule has 1 aromatic carbocycles. The molecular formula is C16H17Cl2N5. The monoisotopic (exact) mass is 349 g/mol. The van der Waals surface area contributed by atoms with Crippen molar-refractivity contribution in [3.8, 4) is 11.3 Å². The molecule has 4 rings (SSSR count). The summed E-state index contributed by atoms with van der Waals surface area (Å²) >= 11 is 12.3. The zero-order chi connectivity index (χ0) is 16.2. The first-order valence-corrected chi connectivity index (χ1v) is 8.33. The molecule has 2 aromatic rings. The third kappa shape index (κ3) is 2.26. The predicted molar refractivity (Wildman–Crippen MR) is 93.8 cm³/mol. The molecule has 0 radical (unpaired) electrons. The van der Waals surface area contributed by atoms with Crippen LogP contribution in [0.2, 0.25) is 10.0 Å². The number of nitrogens with zero attached hydrogens (tertiary/aromatic N) is 3. The molecule has 2 aliphatic rings. The Labute approximate surface area is 144 Å². The predicted octanol–water partition coefficient (Wildman–Crippen LogP) is 2.96. The molecule has 0 unspecified atom stereocenters. The largest absolute Gasteiger partial charge is 0.382 e. The van der Waals surface area contributed by atoms with Crippen molar-refractivity contribution in [2.24, 2.45) is 11.1 Å². The lowest BCUT2D eigenvalue weighted by atomic mass is 9.60. The first kappa shape index (κ1) is 15.0. The number of aromatic nitrogens is 2. The van der Waals surface area contributed by atoms with E-state index in [0.717, 1.165) is 25.3 Å². The fraction of sp³-hybridized carbons (Fsp3) is 0.375. The Morgan fingerprint density at radius 3 is 2.65 bits per heavy atom. The van der Waals surface area contributed by atoms with Gasteiger partial charge < -0.3 is 16.4 Å². The van der Waals surface area contributed by atoms with Gasteiger partial charge in [0.25, 0.3) is 0 Å². The first-order chi connectivity index (χ1) is 11.0. The van der Waals surface area contributed by atoms with Gasteiger partial charge in [-0.05, 0) is 18.9 Å². The molecule has 2 fully saturated rings. The summed E-state index contributed by atoms with van der Waals surface area (Å²) in [6.45, 7) is 1.86. The molecule has 120 valence electrons. The Hall–Kier alpha value is -1.56. The first-order valence-electron chi connectivity index (χ1n) is 7.58. The maximum absolute atomic E-state index is 6.24. The van der Waals surface area contributed by atoms with Gasteiger partial charge in [-0.25, -0.2) is 9.97 Å². The van der Waals surface area contributed by atoms with Crippen LogP contribution in [0.25, 0.3) is 11.3 Å². The molecule has 4 N–H and O–H groups in total. The summed E-state index contributed by atoms with van der Waals surface area (Å²) in [6.07, 6.45) is 4.05. The van der Waals surface area contributed by atoms with Crippen LogP contribution in [0.4, 0.5) is 11.6 Å². The number of hydrogen-bond acceptors (Lipinski definition) is 5. The number of nitrogen functional groups attached to an aromatic ring is 1. The van der Waals surface area contributed by atoms with E-state index in [0.29, 0.717) is 33.2 Å². The van der Waals surface area contributed by atoms with Crippen LogP contribution in [-0.2, 0) is 0 Å². The summed E-state index contributed by atoms with van der Waals surface area (Å²) in [6, 6.07) is 5.69. The molecule has 1 aromatic heterocycles. The fourth-order valence-electron chi connectivity index (χ4n) is 3.43. The van der Waals surface area contributed by atoms with Gasteiger partial charge in [0.05, 0.1) is 16.2 Å². The quantitative estimate of drug-likeness (QED) is 0.870. The second-order valence-corrected chi connectivity index (χ2v) is 7.21. The molecule has 5 nitrogen and oxygen atoms in total. The van der Waals surface area contributed by atoms with Crippen LogP contribution in [0.5, 0.6) is 0 Å². The molecule has 1 saturated heterocycles. The highest BCUT2D eigenvalue weighted by atomic mass is 35.5. The summed E-state index contributed by atoms with van der Waals surface area (Å²) in [5.74, 6) is 1.14. The van der Waals surface area contributed by atoms with Gasteiger partial charge in [0.2, 0.25) is 0 Å². The van der Waals surface area contributed by atoms with E-state index in [2.05, 4.69) is 14.9 Å². The van der Waals surface area contributed by atoms with Gasteiger partial charge in [-0.1, -0.05) is 35.3 Å². The summed E-state index contributed by atoms with van der Waals surface area (Å²) in [5.41, 5.74) is 13.7. The van der Waals surface area contributed by atoms with E-state index in [1.54, 1.807) is 12.3 Å². The third-order valence-corrected chi connectivity index (χ3v) is 5.89. The molecule has 23 heavy (non-hydrogen) atoms. The molecule has 0 bridgehead atoms. The molecule has 0 amide bonds. The molecule has 1 aliphatic carbocycles. The average molecular weight is 350 g/mol. The van der Waals surface area contributed by atoms with Crippen molar-refractivity contribution >= 4 is 34.8 Å². The maximum Gasteiger partial charge on any atom is 0.152 e. The van der Waals surface area contributed by atoms with Crippen LogP contribution in [-0.4, -0.2) is 29.1 Å². The van der Waals surface area contributed by atoms with E-state index in [9.17, 15) is 0 Å². The number of hydrogen-bond donors (Lipinski definition) is 2. The molecule has 1 atom stereocenters. The van der Waals surface area contributed by atoms with E-state index in [1.165, 1.54) is 6.42 Å². The minimum Gasteiger partial charge on any atom is -0.382 e. The number of halogens is 2. The highest BCUT2D eigenvalue weighted by molar-refractivity contribution is 6.43. The van der Waals surface area contributed by atoms with Crippen LogP contribution in [0.15, 0.2) is 24.4 Å². The Morgan fingerprint density at radius 2 is 2.04 bits per heavy atom. The van der Waals surface area contributed by atoms with Crippen molar-refractivity contribution in [3.63, 3.8) is 0 Å². The highest BCUT2D eigenvalue weighted by Gasteiger charge is 2.53. The second kappa shape index (κ2) is 5.23. The highest BCUT2D eigenvalue weighted by Crippen LogP contribution is 2.48. The third-order valence-electron chi connectivity index (χ3n) is 5.07. The van der Waals surface area contributed by atoms with E-state index < -0.39 is 0 Å². The number of benzene rings is 1. The van der Waals surface area contributed by atoms with Gasteiger partial charge in [0.15, 0.2) is 5.82 Å². The van der Waals surface area contributed by atoms with Crippen molar-refractivity contribution in [2.75, 3.05) is 23.7 Å². The van der Waals surface area contributed by atoms with Crippen molar-refractivity contribution < 1.29 is 0 Å². The van der Waals surface area contributed by atoms with Gasteiger partial charge in [-0.3, -0.25) is 0 Å². The van der Waals surface area contributed by atoms with Crippen molar-refractivity contribution in [1.82, 2.24) is 9.97 Å². The van der Waals surface area contributed by atoms with Gasteiger partial charge in [0, 0.05) is 30.1 Å². The Morgan fingerprint density at radius 1 is 1.26 bits per heavy atom. The summed E-state index contributed by atoms with van der Waals surface area (Å²) in [4.78, 5) is 11.1. The van der Waals surface area contributed by atoms with Gasteiger partial charge >= 0.3 is 0 Å². The molecule has 1 saturated carbocycles. The molecule has 1 aliphatic heterocycles. The minimum absolute atomic E-state index is 0.283. The normalized spacial score (nSPS) is 21.9. The Balaban J connectivity index is 1.60. The summed E-state index contributed by atoms with van der Waals surface area (Å²) < 4.78 is 0. The van der Waals surface area contributed by atoms with Crippen LogP contribution >= 0.6 is 23.2 Å². The summed E-state index contributed by atoms with van der Waals surface area (Å²) in [7, 11) is 0. The van der Waals surface area contributed by atoms with Crippen molar-refractivity contribution in [3.05, 3.63) is 34.4 Å².